The Hall–Kier alpha value is -2.15. The van der Waals surface area contributed by atoms with Crippen LogP contribution in [-0.2, 0) is 0 Å². The zero-order chi connectivity index (χ0) is 14.2. The van der Waals surface area contributed by atoms with E-state index >= 15 is 0 Å². The second kappa shape index (κ2) is 5.00. The molecule has 6 nitrogen and oxygen atoms in total. The van der Waals surface area contributed by atoms with Gasteiger partial charge >= 0.3 is 0 Å². The number of piperazine rings is 1. The van der Waals surface area contributed by atoms with E-state index in [1.807, 2.05) is 23.8 Å². The average Bonchev–Trinajstić information content (AvgIpc) is 3.17. The summed E-state index contributed by atoms with van der Waals surface area (Å²) in [5, 5.41) is 4.23. The van der Waals surface area contributed by atoms with Crippen molar-refractivity contribution in [2.75, 3.05) is 29.4 Å². The van der Waals surface area contributed by atoms with Crippen molar-refractivity contribution in [1.29, 1.82) is 0 Å². The molecule has 3 aromatic rings. The fourth-order valence-electron chi connectivity index (χ4n) is 2.90. The molecule has 0 bridgehead atoms. The summed E-state index contributed by atoms with van der Waals surface area (Å²) in [6.07, 6.45) is 5.41. The van der Waals surface area contributed by atoms with E-state index in [0.29, 0.717) is 6.04 Å². The van der Waals surface area contributed by atoms with Crippen molar-refractivity contribution in [1.82, 2.24) is 19.9 Å². The number of rotatable bonds is 2. The Balaban J connectivity index is 1.60. The van der Waals surface area contributed by atoms with Crippen molar-refractivity contribution >= 4 is 33.3 Å². The third-order valence-electron chi connectivity index (χ3n) is 3.92. The molecule has 1 atom stereocenters. The second-order valence-electron chi connectivity index (χ2n) is 5.24. The van der Waals surface area contributed by atoms with E-state index in [1.165, 1.54) is 0 Å². The van der Waals surface area contributed by atoms with Crippen LogP contribution in [0.2, 0.25) is 0 Å². The standard InChI is InChI=1S/C14H16N6S/c1-10-8-19(5-6-20(10)14-16-4-7-21-14)13-11-2-3-15-12(11)17-9-18-13/h2-4,7,9-10H,5-6,8H2,1H3,(H,15,17,18)/t10-/m0/s1. The highest BCUT2D eigenvalue weighted by Gasteiger charge is 2.27. The number of nitrogens with zero attached hydrogens (tertiary/aromatic N) is 5. The summed E-state index contributed by atoms with van der Waals surface area (Å²) in [6.45, 7) is 5.09. The van der Waals surface area contributed by atoms with Gasteiger partial charge in [0.2, 0.25) is 0 Å². The van der Waals surface area contributed by atoms with Crippen LogP contribution in [0, 0.1) is 0 Å². The number of aromatic nitrogens is 4. The highest BCUT2D eigenvalue weighted by atomic mass is 32.1. The van der Waals surface area contributed by atoms with E-state index in [4.69, 9.17) is 0 Å². The minimum Gasteiger partial charge on any atom is -0.352 e. The van der Waals surface area contributed by atoms with E-state index in [1.54, 1.807) is 17.7 Å². The topological polar surface area (TPSA) is 60.9 Å². The van der Waals surface area contributed by atoms with E-state index in [2.05, 4.69) is 36.7 Å². The van der Waals surface area contributed by atoms with Gasteiger partial charge in [0.25, 0.3) is 0 Å². The van der Waals surface area contributed by atoms with E-state index in [0.717, 1.165) is 41.6 Å². The molecule has 1 fully saturated rings. The minimum atomic E-state index is 0.411. The Kier molecular flexibility index (Phi) is 2.99. The van der Waals surface area contributed by atoms with Crippen LogP contribution in [0.5, 0.6) is 0 Å². The molecule has 4 rings (SSSR count). The largest absolute Gasteiger partial charge is 0.352 e. The highest BCUT2D eigenvalue weighted by Crippen LogP contribution is 2.27. The predicted octanol–water partition coefficient (Wildman–Crippen LogP) is 2.13. The molecule has 7 heteroatoms. The normalized spacial score (nSPS) is 19.4. The van der Waals surface area contributed by atoms with Crippen molar-refractivity contribution in [2.24, 2.45) is 0 Å². The van der Waals surface area contributed by atoms with Crippen LogP contribution in [0.15, 0.2) is 30.2 Å². The average molecular weight is 300 g/mol. The number of hydrogen-bond donors (Lipinski definition) is 1. The lowest BCUT2D eigenvalue weighted by molar-refractivity contribution is 0.547. The quantitative estimate of drug-likeness (QED) is 0.785. The number of fused-ring (bicyclic) bond motifs is 1. The van der Waals surface area contributed by atoms with Gasteiger partial charge in [-0.15, -0.1) is 11.3 Å². The monoisotopic (exact) mass is 300 g/mol. The molecule has 1 aliphatic rings. The number of thiazole rings is 1. The number of nitrogens with one attached hydrogen (secondary N) is 1. The Bertz CT molecular complexity index is 737. The van der Waals surface area contributed by atoms with E-state index in [9.17, 15) is 0 Å². The number of hydrogen-bond acceptors (Lipinski definition) is 6. The van der Waals surface area contributed by atoms with Gasteiger partial charge in [-0.25, -0.2) is 15.0 Å². The fraction of sp³-hybridized carbons (Fsp3) is 0.357. The Morgan fingerprint density at radius 1 is 1.29 bits per heavy atom. The van der Waals surface area contributed by atoms with Crippen LogP contribution in [-0.4, -0.2) is 45.6 Å². The van der Waals surface area contributed by atoms with Gasteiger partial charge in [0.1, 0.15) is 17.8 Å². The predicted molar refractivity (Wildman–Crippen MR) is 85.0 cm³/mol. The molecule has 1 saturated heterocycles. The van der Waals surface area contributed by atoms with E-state index in [-0.39, 0.29) is 0 Å². The maximum absolute atomic E-state index is 4.49. The van der Waals surface area contributed by atoms with Crippen LogP contribution in [0.3, 0.4) is 0 Å². The SMILES string of the molecule is C[C@H]1CN(c2ncnc3[nH]ccc23)CCN1c1nccs1. The van der Waals surface area contributed by atoms with Crippen LogP contribution >= 0.6 is 11.3 Å². The van der Waals surface area contributed by atoms with Gasteiger partial charge in [0, 0.05) is 43.4 Å². The van der Waals surface area contributed by atoms with Gasteiger partial charge in [0.15, 0.2) is 5.13 Å². The molecule has 0 amide bonds. The lowest BCUT2D eigenvalue weighted by Crippen LogP contribution is -2.52. The molecule has 0 unspecified atom stereocenters. The molecular weight excluding hydrogens is 284 g/mol. The molecular formula is C14H16N6S. The second-order valence-corrected chi connectivity index (χ2v) is 6.11. The maximum Gasteiger partial charge on any atom is 0.185 e. The summed E-state index contributed by atoms with van der Waals surface area (Å²) in [4.78, 5) is 21.0. The molecule has 0 aliphatic carbocycles. The summed E-state index contributed by atoms with van der Waals surface area (Å²) < 4.78 is 0. The molecule has 108 valence electrons. The first kappa shape index (κ1) is 12.6. The third-order valence-corrected chi connectivity index (χ3v) is 4.73. The molecule has 4 heterocycles. The smallest absolute Gasteiger partial charge is 0.185 e. The number of H-pyrrole nitrogens is 1. The van der Waals surface area contributed by atoms with Crippen LogP contribution in [0.25, 0.3) is 11.0 Å². The first-order valence-corrected chi connectivity index (χ1v) is 7.90. The highest BCUT2D eigenvalue weighted by molar-refractivity contribution is 7.13. The van der Waals surface area contributed by atoms with Crippen molar-refractivity contribution in [2.45, 2.75) is 13.0 Å². The van der Waals surface area contributed by atoms with Crippen LogP contribution in [0.4, 0.5) is 10.9 Å². The van der Waals surface area contributed by atoms with Crippen molar-refractivity contribution < 1.29 is 0 Å². The first-order valence-electron chi connectivity index (χ1n) is 7.02. The zero-order valence-corrected chi connectivity index (χ0v) is 12.5. The molecule has 0 spiro atoms. The molecule has 0 saturated carbocycles. The summed E-state index contributed by atoms with van der Waals surface area (Å²) >= 11 is 1.70. The van der Waals surface area contributed by atoms with Crippen LogP contribution in [0.1, 0.15) is 6.92 Å². The van der Waals surface area contributed by atoms with Gasteiger partial charge < -0.3 is 14.8 Å². The van der Waals surface area contributed by atoms with Crippen molar-refractivity contribution in [3.8, 4) is 0 Å². The Labute approximate surface area is 126 Å². The van der Waals surface area contributed by atoms with Gasteiger partial charge in [-0.2, -0.15) is 0 Å². The van der Waals surface area contributed by atoms with Gasteiger partial charge in [0.05, 0.1) is 5.39 Å². The Morgan fingerprint density at radius 3 is 3.05 bits per heavy atom. The molecule has 21 heavy (non-hydrogen) atoms. The van der Waals surface area contributed by atoms with E-state index < -0.39 is 0 Å². The summed E-state index contributed by atoms with van der Waals surface area (Å²) in [6, 6.07) is 2.46. The third kappa shape index (κ3) is 2.13. The molecule has 0 aromatic carbocycles. The molecule has 1 N–H and O–H groups in total. The summed E-state index contributed by atoms with van der Waals surface area (Å²) in [5.74, 6) is 1.02. The minimum absolute atomic E-state index is 0.411. The first-order chi connectivity index (χ1) is 10.3. The lowest BCUT2D eigenvalue weighted by Gasteiger charge is -2.40. The zero-order valence-electron chi connectivity index (χ0n) is 11.7. The molecule has 1 aliphatic heterocycles. The lowest BCUT2D eigenvalue weighted by atomic mass is 10.2. The van der Waals surface area contributed by atoms with Gasteiger partial charge in [-0.1, -0.05) is 0 Å². The van der Waals surface area contributed by atoms with Crippen molar-refractivity contribution in [3.05, 3.63) is 30.2 Å². The van der Waals surface area contributed by atoms with Crippen molar-refractivity contribution in [3.63, 3.8) is 0 Å². The van der Waals surface area contributed by atoms with Gasteiger partial charge in [-0.05, 0) is 13.0 Å². The summed E-state index contributed by atoms with van der Waals surface area (Å²) in [5.41, 5.74) is 0.898. The fourth-order valence-corrected chi connectivity index (χ4v) is 3.67. The Morgan fingerprint density at radius 2 is 2.24 bits per heavy atom. The maximum atomic E-state index is 4.49. The number of anilines is 2. The van der Waals surface area contributed by atoms with Gasteiger partial charge in [-0.3, -0.25) is 0 Å². The summed E-state index contributed by atoms with van der Waals surface area (Å²) in [7, 11) is 0. The number of aromatic amines is 1. The van der Waals surface area contributed by atoms with Crippen LogP contribution < -0.4 is 9.80 Å². The molecule has 0 radical (unpaired) electrons. The molecule has 3 aromatic heterocycles.